The molecular formula is C23H24N2O2. The van der Waals surface area contributed by atoms with E-state index in [1.165, 1.54) is 5.69 Å². The Morgan fingerprint density at radius 1 is 1.04 bits per heavy atom. The molecule has 0 spiro atoms. The van der Waals surface area contributed by atoms with E-state index in [0.717, 1.165) is 42.4 Å². The number of hydrogen-bond acceptors (Lipinski definition) is 3. The van der Waals surface area contributed by atoms with Crippen molar-refractivity contribution in [2.45, 2.75) is 18.9 Å². The van der Waals surface area contributed by atoms with Crippen LogP contribution in [0.2, 0.25) is 0 Å². The van der Waals surface area contributed by atoms with Gasteiger partial charge in [-0.2, -0.15) is 0 Å². The van der Waals surface area contributed by atoms with Crippen molar-refractivity contribution in [2.24, 2.45) is 0 Å². The maximum Gasteiger partial charge on any atom is 0.256 e. The number of amides is 1. The quantitative estimate of drug-likeness (QED) is 0.733. The van der Waals surface area contributed by atoms with Gasteiger partial charge in [0.25, 0.3) is 5.91 Å². The molecule has 4 heteroatoms. The summed E-state index contributed by atoms with van der Waals surface area (Å²) >= 11 is 0. The number of methoxy groups -OCH3 is 1. The summed E-state index contributed by atoms with van der Waals surface area (Å²) in [5.41, 5.74) is 2.66. The molecule has 0 unspecified atom stereocenters. The first-order valence-electron chi connectivity index (χ1n) is 9.41. The number of carbonyl (C=O) groups excluding carboxylic acids is 1. The minimum atomic E-state index is -0.0861. The molecular weight excluding hydrogens is 336 g/mol. The third-order valence-electron chi connectivity index (χ3n) is 5.24. The van der Waals surface area contributed by atoms with E-state index in [1.807, 2.05) is 54.6 Å². The zero-order valence-corrected chi connectivity index (χ0v) is 15.5. The second-order valence-corrected chi connectivity index (χ2v) is 6.97. The molecule has 4 rings (SSSR count). The van der Waals surface area contributed by atoms with Crippen LogP contribution in [0.4, 0.5) is 11.4 Å². The minimum absolute atomic E-state index is 0.0861. The molecule has 0 radical (unpaired) electrons. The average molecular weight is 360 g/mol. The smallest absolute Gasteiger partial charge is 0.256 e. The Balaban J connectivity index is 1.49. The summed E-state index contributed by atoms with van der Waals surface area (Å²) in [7, 11) is 1.78. The molecule has 1 heterocycles. The van der Waals surface area contributed by atoms with Gasteiger partial charge < -0.3 is 15.0 Å². The van der Waals surface area contributed by atoms with Crippen LogP contribution < -0.4 is 10.2 Å². The fourth-order valence-corrected chi connectivity index (χ4v) is 3.74. The maximum atomic E-state index is 12.8. The highest BCUT2D eigenvalue weighted by Gasteiger charge is 2.19. The van der Waals surface area contributed by atoms with Gasteiger partial charge in [0.1, 0.15) is 0 Å². The lowest BCUT2D eigenvalue weighted by molar-refractivity contribution is 0.0893. The summed E-state index contributed by atoms with van der Waals surface area (Å²) < 4.78 is 5.50. The highest BCUT2D eigenvalue weighted by molar-refractivity contribution is 6.12. The largest absolute Gasteiger partial charge is 0.380 e. The first kappa shape index (κ1) is 17.6. The molecule has 1 fully saturated rings. The number of ether oxygens (including phenoxy) is 1. The number of nitrogens with zero attached hydrogens (tertiary/aromatic N) is 1. The number of anilines is 2. The third-order valence-corrected chi connectivity index (χ3v) is 5.24. The van der Waals surface area contributed by atoms with Crippen LogP contribution in [-0.2, 0) is 4.74 Å². The Kier molecular flexibility index (Phi) is 5.07. The van der Waals surface area contributed by atoms with Gasteiger partial charge in [-0.1, -0.05) is 36.4 Å². The number of carbonyl (C=O) groups is 1. The fourth-order valence-electron chi connectivity index (χ4n) is 3.74. The van der Waals surface area contributed by atoms with Gasteiger partial charge in [-0.25, -0.2) is 0 Å². The predicted octanol–water partition coefficient (Wildman–Crippen LogP) is 4.71. The molecule has 3 aromatic carbocycles. The van der Waals surface area contributed by atoms with Crippen LogP contribution in [0.3, 0.4) is 0 Å². The summed E-state index contributed by atoms with van der Waals surface area (Å²) in [5, 5.41) is 5.05. The normalized spacial score (nSPS) is 17.1. The molecule has 0 saturated carbocycles. The van der Waals surface area contributed by atoms with Gasteiger partial charge in [-0.3, -0.25) is 4.79 Å². The van der Waals surface area contributed by atoms with Crippen LogP contribution in [0.1, 0.15) is 23.2 Å². The van der Waals surface area contributed by atoms with Gasteiger partial charge in [0.05, 0.1) is 6.10 Å². The van der Waals surface area contributed by atoms with E-state index in [0.29, 0.717) is 11.7 Å². The molecule has 1 saturated heterocycles. The van der Waals surface area contributed by atoms with Crippen molar-refractivity contribution < 1.29 is 9.53 Å². The van der Waals surface area contributed by atoms with Gasteiger partial charge in [0.15, 0.2) is 0 Å². The predicted molar refractivity (Wildman–Crippen MR) is 111 cm³/mol. The van der Waals surface area contributed by atoms with Gasteiger partial charge in [0.2, 0.25) is 0 Å². The minimum Gasteiger partial charge on any atom is -0.380 e. The Bertz CT molecular complexity index is 931. The van der Waals surface area contributed by atoms with Crippen molar-refractivity contribution in [3.8, 4) is 0 Å². The number of piperidine rings is 1. The number of nitrogens with one attached hydrogen (secondary N) is 1. The van der Waals surface area contributed by atoms with Gasteiger partial charge >= 0.3 is 0 Å². The number of rotatable bonds is 4. The lowest BCUT2D eigenvalue weighted by Crippen LogP contribution is -2.39. The second kappa shape index (κ2) is 7.80. The van der Waals surface area contributed by atoms with Crippen LogP contribution in [0.25, 0.3) is 10.8 Å². The summed E-state index contributed by atoms with van der Waals surface area (Å²) in [4.78, 5) is 15.1. The van der Waals surface area contributed by atoms with Crippen LogP contribution in [-0.4, -0.2) is 32.2 Å². The van der Waals surface area contributed by atoms with Gasteiger partial charge in [-0.15, -0.1) is 0 Å². The summed E-state index contributed by atoms with van der Waals surface area (Å²) in [5.74, 6) is -0.0861. The standard InChI is InChI=1S/C23H24N2O2/c1-27-20-8-5-15-25(16-20)19-13-11-18(12-14-19)24-23(26)22-10-4-7-17-6-2-3-9-21(17)22/h2-4,6-7,9-14,20H,5,8,15-16H2,1H3,(H,24,26)/t20-/m1/s1. The maximum absolute atomic E-state index is 12.8. The van der Waals surface area contributed by atoms with Crippen LogP contribution in [0.15, 0.2) is 66.7 Å². The third kappa shape index (κ3) is 3.81. The fraction of sp³-hybridized carbons (Fsp3) is 0.261. The molecule has 0 bridgehead atoms. The Morgan fingerprint density at radius 2 is 1.81 bits per heavy atom. The van der Waals surface area contributed by atoms with Crippen molar-refractivity contribution >= 4 is 28.1 Å². The van der Waals surface area contributed by atoms with Crippen molar-refractivity contribution in [1.82, 2.24) is 0 Å². The van der Waals surface area contributed by atoms with E-state index >= 15 is 0 Å². The van der Waals surface area contributed by atoms with Crippen LogP contribution in [0, 0.1) is 0 Å². The first-order valence-corrected chi connectivity index (χ1v) is 9.41. The van der Waals surface area contributed by atoms with Crippen molar-refractivity contribution in [3.05, 3.63) is 72.3 Å². The summed E-state index contributed by atoms with van der Waals surface area (Å²) in [6.07, 6.45) is 2.55. The second-order valence-electron chi connectivity index (χ2n) is 6.97. The van der Waals surface area contributed by atoms with Crippen LogP contribution in [0.5, 0.6) is 0 Å². The molecule has 1 atom stereocenters. The zero-order chi connectivity index (χ0) is 18.6. The Morgan fingerprint density at radius 3 is 2.63 bits per heavy atom. The monoisotopic (exact) mass is 360 g/mol. The molecule has 1 aliphatic rings. The average Bonchev–Trinajstić information content (AvgIpc) is 2.74. The van der Waals surface area contributed by atoms with Gasteiger partial charge in [0, 0.05) is 37.1 Å². The molecule has 0 aromatic heterocycles. The Labute approximate surface area is 159 Å². The lowest BCUT2D eigenvalue weighted by Gasteiger charge is -2.33. The van der Waals surface area contributed by atoms with Crippen LogP contribution >= 0.6 is 0 Å². The van der Waals surface area contributed by atoms with E-state index in [9.17, 15) is 4.79 Å². The molecule has 3 aromatic rings. The highest BCUT2D eigenvalue weighted by atomic mass is 16.5. The first-order chi connectivity index (χ1) is 13.2. The number of benzene rings is 3. The summed E-state index contributed by atoms with van der Waals surface area (Å²) in [6.45, 7) is 1.96. The molecule has 1 aliphatic heterocycles. The van der Waals surface area contributed by atoms with E-state index in [2.05, 4.69) is 22.3 Å². The zero-order valence-electron chi connectivity index (χ0n) is 15.5. The van der Waals surface area contributed by atoms with Crippen molar-refractivity contribution in [2.75, 3.05) is 30.4 Å². The molecule has 1 N–H and O–H groups in total. The van der Waals surface area contributed by atoms with Crippen molar-refractivity contribution in [3.63, 3.8) is 0 Å². The van der Waals surface area contributed by atoms with E-state index in [4.69, 9.17) is 4.74 Å². The lowest BCUT2D eigenvalue weighted by atomic mass is 10.0. The van der Waals surface area contributed by atoms with Gasteiger partial charge in [-0.05, 0) is 53.9 Å². The molecule has 4 nitrogen and oxygen atoms in total. The topological polar surface area (TPSA) is 41.6 Å². The molecule has 138 valence electrons. The molecule has 27 heavy (non-hydrogen) atoms. The van der Waals surface area contributed by atoms with E-state index in [-0.39, 0.29) is 5.91 Å². The Hall–Kier alpha value is -2.85. The molecule has 0 aliphatic carbocycles. The van der Waals surface area contributed by atoms with E-state index in [1.54, 1.807) is 7.11 Å². The van der Waals surface area contributed by atoms with E-state index < -0.39 is 0 Å². The molecule has 1 amide bonds. The summed E-state index contributed by atoms with van der Waals surface area (Å²) in [6, 6.07) is 21.8. The number of fused-ring (bicyclic) bond motifs is 1. The van der Waals surface area contributed by atoms with Crippen molar-refractivity contribution in [1.29, 1.82) is 0 Å². The highest BCUT2D eigenvalue weighted by Crippen LogP contribution is 2.24. The number of hydrogen-bond donors (Lipinski definition) is 1. The SMILES string of the molecule is CO[C@@H]1CCCN(c2ccc(NC(=O)c3cccc4ccccc34)cc2)C1.